The monoisotopic (exact) mass is 373 g/mol. The molecular formula is C22H19N3OS. The number of nitrogens with one attached hydrogen (secondary N) is 2. The highest BCUT2D eigenvalue weighted by atomic mass is 32.2. The second kappa shape index (κ2) is 8.10. The van der Waals surface area contributed by atoms with Crippen molar-refractivity contribution < 1.29 is 4.79 Å². The Morgan fingerprint density at radius 1 is 0.889 bits per heavy atom. The summed E-state index contributed by atoms with van der Waals surface area (Å²) in [5, 5.41) is 2.97. The highest BCUT2D eigenvalue weighted by Crippen LogP contribution is 2.35. The Balaban J connectivity index is 1.46. The van der Waals surface area contributed by atoms with E-state index in [1.807, 2.05) is 60.7 Å². The highest BCUT2D eigenvalue weighted by Gasteiger charge is 2.16. The summed E-state index contributed by atoms with van der Waals surface area (Å²) in [4.78, 5) is 20.0. The third-order valence-electron chi connectivity index (χ3n) is 4.23. The van der Waals surface area contributed by atoms with Crippen molar-refractivity contribution in [2.24, 2.45) is 0 Å². The number of aromatic amines is 1. The van der Waals surface area contributed by atoms with Gasteiger partial charge < -0.3 is 4.98 Å². The number of hydrogen-bond acceptors (Lipinski definition) is 3. The first-order valence-electron chi connectivity index (χ1n) is 8.76. The van der Waals surface area contributed by atoms with E-state index in [0.717, 1.165) is 11.0 Å². The van der Waals surface area contributed by atoms with Gasteiger partial charge >= 0.3 is 0 Å². The number of H-pyrrole nitrogens is 1. The molecule has 0 radical (unpaired) electrons. The number of fused-ring (bicyclic) bond motifs is 1. The number of aromatic nitrogens is 2. The lowest BCUT2D eigenvalue weighted by Crippen LogP contribution is -2.16. The molecule has 27 heavy (non-hydrogen) atoms. The summed E-state index contributed by atoms with van der Waals surface area (Å²) in [5.74, 6) is 0.750. The SMILES string of the molecule is O=C(CSC(c1ccccc1)c1ccccc1)Nc1nc2ccccc2[nH]1. The number of anilines is 1. The van der Waals surface area contributed by atoms with Gasteiger partial charge in [-0.1, -0.05) is 72.8 Å². The van der Waals surface area contributed by atoms with Crippen LogP contribution in [0.1, 0.15) is 16.4 Å². The molecule has 4 aromatic rings. The molecule has 0 unspecified atom stereocenters. The van der Waals surface area contributed by atoms with E-state index in [1.54, 1.807) is 11.8 Å². The largest absolute Gasteiger partial charge is 0.324 e. The third-order valence-corrected chi connectivity index (χ3v) is 5.54. The van der Waals surface area contributed by atoms with Crippen molar-refractivity contribution in [1.82, 2.24) is 9.97 Å². The van der Waals surface area contributed by atoms with Crippen LogP contribution in [0, 0.1) is 0 Å². The molecule has 5 heteroatoms. The lowest BCUT2D eigenvalue weighted by molar-refractivity contribution is -0.113. The zero-order valence-electron chi connectivity index (χ0n) is 14.6. The minimum atomic E-state index is -0.0732. The first-order valence-corrected chi connectivity index (χ1v) is 9.80. The summed E-state index contributed by atoms with van der Waals surface area (Å²) >= 11 is 1.61. The Morgan fingerprint density at radius 2 is 1.48 bits per heavy atom. The average Bonchev–Trinajstić information content (AvgIpc) is 3.12. The zero-order chi connectivity index (χ0) is 18.5. The molecule has 1 aromatic heterocycles. The molecule has 3 aromatic carbocycles. The standard InChI is InChI=1S/C22H19N3OS/c26-20(25-22-23-18-13-7-8-14-19(18)24-22)15-27-21(16-9-3-1-4-10-16)17-11-5-2-6-12-17/h1-14,21H,15H2,(H2,23,24,25,26). The maximum absolute atomic E-state index is 12.5. The Labute approximate surface area is 162 Å². The van der Waals surface area contributed by atoms with E-state index in [4.69, 9.17) is 0 Å². The minimum Gasteiger partial charge on any atom is -0.324 e. The molecule has 2 N–H and O–H groups in total. The summed E-state index contributed by atoms with van der Waals surface area (Å²) in [6, 6.07) is 28.2. The van der Waals surface area contributed by atoms with Crippen LogP contribution in [-0.2, 0) is 4.79 Å². The van der Waals surface area contributed by atoms with Crippen molar-refractivity contribution >= 4 is 34.7 Å². The molecule has 134 valence electrons. The number of thioether (sulfide) groups is 1. The van der Waals surface area contributed by atoms with E-state index >= 15 is 0 Å². The summed E-state index contributed by atoms with van der Waals surface area (Å²) in [7, 11) is 0. The zero-order valence-corrected chi connectivity index (χ0v) is 15.4. The summed E-state index contributed by atoms with van der Waals surface area (Å²) < 4.78 is 0. The Kier molecular flexibility index (Phi) is 5.21. The number of imidazole rings is 1. The number of carbonyl (C=O) groups is 1. The molecule has 0 aliphatic carbocycles. The van der Waals surface area contributed by atoms with E-state index in [-0.39, 0.29) is 11.2 Å². The molecule has 0 saturated carbocycles. The smallest absolute Gasteiger partial charge is 0.236 e. The van der Waals surface area contributed by atoms with Gasteiger partial charge in [-0.25, -0.2) is 4.98 Å². The first-order chi connectivity index (χ1) is 13.3. The van der Waals surface area contributed by atoms with E-state index < -0.39 is 0 Å². The second-order valence-corrected chi connectivity index (χ2v) is 7.26. The van der Waals surface area contributed by atoms with Crippen molar-refractivity contribution in [1.29, 1.82) is 0 Å². The van der Waals surface area contributed by atoms with E-state index in [2.05, 4.69) is 39.6 Å². The maximum atomic E-state index is 12.5. The van der Waals surface area contributed by atoms with Crippen LogP contribution in [0.25, 0.3) is 11.0 Å². The van der Waals surface area contributed by atoms with Crippen LogP contribution < -0.4 is 5.32 Å². The molecule has 0 aliphatic heterocycles. The predicted molar refractivity (Wildman–Crippen MR) is 112 cm³/mol. The molecule has 0 spiro atoms. The van der Waals surface area contributed by atoms with Gasteiger partial charge in [0.1, 0.15) is 0 Å². The van der Waals surface area contributed by atoms with Crippen molar-refractivity contribution in [2.75, 3.05) is 11.1 Å². The van der Waals surface area contributed by atoms with Crippen molar-refractivity contribution in [2.45, 2.75) is 5.25 Å². The average molecular weight is 373 g/mol. The number of rotatable bonds is 6. The number of benzene rings is 3. The molecule has 0 aliphatic rings. The fraction of sp³-hybridized carbons (Fsp3) is 0.0909. The maximum Gasteiger partial charge on any atom is 0.236 e. The molecular weight excluding hydrogens is 354 g/mol. The first kappa shape index (κ1) is 17.4. The van der Waals surface area contributed by atoms with Gasteiger partial charge in [0, 0.05) is 0 Å². The van der Waals surface area contributed by atoms with Crippen LogP contribution in [0.2, 0.25) is 0 Å². The van der Waals surface area contributed by atoms with Gasteiger partial charge in [-0.3, -0.25) is 10.1 Å². The lowest BCUT2D eigenvalue weighted by Gasteiger charge is -2.17. The molecule has 0 saturated heterocycles. The molecule has 4 nitrogen and oxygen atoms in total. The van der Waals surface area contributed by atoms with Crippen molar-refractivity contribution in [3.05, 3.63) is 96.1 Å². The third kappa shape index (κ3) is 4.20. The second-order valence-electron chi connectivity index (χ2n) is 6.16. The number of para-hydroxylation sites is 2. The molecule has 0 fully saturated rings. The Hall–Kier alpha value is -3.05. The summed E-state index contributed by atoms with van der Waals surface area (Å²) in [6.45, 7) is 0. The number of nitrogens with zero attached hydrogens (tertiary/aromatic N) is 1. The van der Waals surface area contributed by atoms with Gasteiger partial charge in [-0.2, -0.15) is 0 Å². The van der Waals surface area contributed by atoms with Crippen LogP contribution in [0.4, 0.5) is 5.95 Å². The molecule has 0 bridgehead atoms. The summed E-state index contributed by atoms with van der Waals surface area (Å²) in [5.41, 5.74) is 4.12. The predicted octanol–water partition coefficient (Wildman–Crippen LogP) is 5.02. The number of amides is 1. The molecule has 4 rings (SSSR count). The molecule has 1 heterocycles. The van der Waals surface area contributed by atoms with Gasteiger partial charge in [0.15, 0.2) is 0 Å². The van der Waals surface area contributed by atoms with Crippen LogP contribution in [0.5, 0.6) is 0 Å². The minimum absolute atomic E-state index is 0.0732. The van der Waals surface area contributed by atoms with Crippen LogP contribution >= 0.6 is 11.8 Å². The van der Waals surface area contributed by atoms with Crippen LogP contribution in [0.15, 0.2) is 84.9 Å². The van der Waals surface area contributed by atoms with Gasteiger partial charge in [0.05, 0.1) is 22.0 Å². The number of hydrogen-bond donors (Lipinski definition) is 2. The quantitative estimate of drug-likeness (QED) is 0.499. The summed E-state index contributed by atoms with van der Waals surface area (Å²) in [6.07, 6.45) is 0. The lowest BCUT2D eigenvalue weighted by atomic mass is 10.0. The molecule has 0 atom stereocenters. The highest BCUT2D eigenvalue weighted by molar-refractivity contribution is 8.00. The van der Waals surface area contributed by atoms with Gasteiger partial charge in [0.2, 0.25) is 11.9 Å². The fourth-order valence-electron chi connectivity index (χ4n) is 2.98. The van der Waals surface area contributed by atoms with Gasteiger partial charge in [-0.05, 0) is 23.3 Å². The Morgan fingerprint density at radius 3 is 2.11 bits per heavy atom. The van der Waals surface area contributed by atoms with Crippen molar-refractivity contribution in [3.8, 4) is 0 Å². The topological polar surface area (TPSA) is 57.8 Å². The van der Waals surface area contributed by atoms with Gasteiger partial charge in [0.25, 0.3) is 0 Å². The van der Waals surface area contributed by atoms with Crippen LogP contribution in [-0.4, -0.2) is 21.6 Å². The van der Waals surface area contributed by atoms with Crippen LogP contribution in [0.3, 0.4) is 0 Å². The van der Waals surface area contributed by atoms with Gasteiger partial charge in [-0.15, -0.1) is 11.8 Å². The normalized spacial score (nSPS) is 11.0. The Bertz CT molecular complexity index is 959. The van der Waals surface area contributed by atoms with E-state index in [9.17, 15) is 4.79 Å². The number of carbonyl (C=O) groups excluding carboxylic acids is 1. The van der Waals surface area contributed by atoms with E-state index in [1.165, 1.54) is 11.1 Å². The van der Waals surface area contributed by atoms with E-state index in [0.29, 0.717) is 11.7 Å². The fourth-order valence-corrected chi connectivity index (χ4v) is 4.07. The van der Waals surface area contributed by atoms with Crippen molar-refractivity contribution in [3.63, 3.8) is 0 Å². The molecule has 1 amide bonds.